The van der Waals surface area contributed by atoms with E-state index in [-0.39, 0.29) is 29.3 Å². The highest BCUT2D eigenvalue weighted by molar-refractivity contribution is 7.89. The second-order valence-corrected chi connectivity index (χ2v) is 6.85. The van der Waals surface area contributed by atoms with Crippen molar-refractivity contribution in [3.8, 4) is 0 Å². The molecule has 2 aliphatic rings. The molecule has 0 aliphatic carbocycles. The summed E-state index contributed by atoms with van der Waals surface area (Å²) in [6.07, 6.45) is 1.52. The van der Waals surface area contributed by atoms with Gasteiger partial charge in [-0.3, -0.25) is 4.79 Å². The minimum atomic E-state index is -3.57. The number of fused-ring (bicyclic) bond motifs is 1. The Morgan fingerprint density at radius 2 is 2.05 bits per heavy atom. The Balaban J connectivity index is 0.00000161. The number of nitrogens with one attached hydrogen (secondary N) is 3. The highest BCUT2D eigenvalue weighted by atomic mass is 35.5. The highest BCUT2D eigenvalue weighted by Crippen LogP contribution is 2.19. The van der Waals surface area contributed by atoms with Gasteiger partial charge in [0, 0.05) is 24.7 Å². The lowest BCUT2D eigenvalue weighted by molar-refractivity contribution is 0.0946. The van der Waals surface area contributed by atoms with E-state index in [1.807, 2.05) is 0 Å². The van der Waals surface area contributed by atoms with Crippen molar-refractivity contribution in [3.63, 3.8) is 0 Å². The summed E-state index contributed by atoms with van der Waals surface area (Å²) in [5.74, 6) is -0.203. The summed E-state index contributed by atoms with van der Waals surface area (Å²) in [7, 11) is -3.57. The van der Waals surface area contributed by atoms with Gasteiger partial charge in [0.1, 0.15) is 0 Å². The number of amides is 1. The number of benzene rings is 1. The molecule has 1 unspecified atom stereocenters. The molecule has 3 rings (SSSR count). The van der Waals surface area contributed by atoms with Gasteiger partial charge in [0.25, 0.3) is 5.91 Å². The third kappa shape index (κ3) is 3.37. The van der Waals surface area contributed by atoms with Crippen molar-refractivity contribution in [1.29, 1.82) is 0 Å². The largest absolute Gasteiger partial charge is 0.352 e. The second-order valence-electron chi connectivity index (χ2n) is 5.14. The predicted octanol–water partition coefficient (Wildman–Crippen LogP) is 0.0345. The molecular weight excluding hydrogens is 314 g/mol. The maximum Gasteiger partial charge on any atom is 0.251 e. The van der Waals surface area contributed by atoms with E-state index in [2.05, 4.69) is 15.4 Å². The molecule has 1 aromatic rings. The third-order valence-electron chi connectivity index (χ3n) is 3.70. The molecule has 116 valence electrons. The summed E-state index contributed by atoms with van der Waals surface area (Å²) in [6.45, 7) is 2.06. The minimum absolute atomic E-state index is 0. The summed E-state index contributed by atoms with van der Waals surface area (Å²) >= 11 is 0. The van der Waals surface area contributed by atoms with Gasteiger partial charge < -0.3 is 10.6 Å². The van der Waals surface area contributed by atoms with Gasteiger partial charge in [-0.05, 0) is 37.1 Å². The van der Waals surface area contributed by atoms with Gasteiger partial charge in [-0.15, -0.1) is 12.4 Å². The van der Waals surface area contributed by atoms with E-state index in [9.17, 15) is 13.2 Å². The molecule has 0 spiro atoms. The summed E-state index contributed by atoms with van der Waals surface area (Å²) in [5, 5.41) is 5.84. The quantitative estimate of drug-likeness (QED) is 0.729. The first-order valence-corrected chi connectivity index (χ1v) is 8.19. The Bertz CT molecular complexity index is 642. The lowest BCUT2D eigenvalue weighted by Gasteiger charge is -2.18. The maximum absolute atomic E-state index is 12.3. The number of hydrogen-bond donors (Lipinski definition) is 3. The predicted molar refractivity (Wildman–Crippen MR) is 81.3 cm³/mol. The van der Waals surface area contributed by atoms with Crippen LogP contribution in [-0.2, 0) is 16.4 Å². The van der Waals surface area contributed by atoms with Crippen LogP contribution in [0.3, 0.4) is 0 Å². The van der Waals surface area contributed by atoms with Gasteiger partial charge >= 0.3 is 0 Å². The van der Waals surface area contributed by atoms with Gasteiger partial charge in [0.15, 0.2) is 0 Å². The molecule has 21 heavy (non-hydrogen) atoms. The van der Waals surface area contributed by atoms with E-state index in [0.717, 1.165) is 24.9 Å². The molecule has 2 heterocycles. The highest BCUT2D eigenvalue weighted by Gasteiger charge is 2.25. The van der Waals surface area contributed by atoms with Crippen molar-refractivity contribution < 1.29 is 13.2 Å². The second kappa shape index (κ2) is 6.31. The Labute approximate surface area is 130 Å². The number of sulfonamides is 1. The fraction of sp³-hybridized carbons (Fsp3) is 0.462. The maximum atomic E-state index is 12.3. The molecule has 1 fully saturated rings. The van der Waals surface area contributed by atoms with E-state index >= 15 is 0 Å². The van der Waals surface area contributed by atoms with Crippen LogP contribution >= 0.6 is 12.4 Å². The van der Waals surface area contributed by atoms with E-state index in [1.54, 1.807) is 12.1 Å². The molecule has 0 bridgehead atoms. The Kier molecular flexibility index (Phi) is 4.88. The van der Waals surface area contributed by atoms with Crippen LogP contribution in [0.25, 0.3) is 0 Å². The first kappa shape index (κ1) is 16.2. The van der Waals surface area contributed by atoms with Crippen molar-refractivity contribution in [3.05, 3.63) is 29.3 Å². The van der Waals surface area contributed by atoms with E-state index in [0.29, 0.717) is 18.7 Å². The van der Waals surface area contributed by atoms with E-state index < -0.39 is 10.0 Å². The van der Waals surface area contributed by atoms with Gasteiger partial charge in [-0.25, -0.2) is 13.1 Å². The van der Waals surface area contributed by atoms with Crippen molar-refractivity contribution in [2.45, 2.75) is 23.8 Å². The van der Waals surface area contributed by atoms with Crippen LogP contribution in [0.4, 0.5) is 0 Å². The summed E-state index contributed by atoms with van der Waals surface area (Å²) in [6, 6.07) is 4.69. The topological polar surface area (TPSA) is 87.3 Å². The molecule has 2 aliphatic heterocycles. The van der Waals surface area contributed by atoms with Crippen LogP contribution in [0.5, 0.6) is 0 Å². The summed E-state index contributed by atoms with van der Waals surface area (Å²) < 4.78 is 27.3. The zero-order valence-electron chi connectivity index (χ0n) is 11.4. The normalized spacial score (nSPS) is 21.3. The third-order valence-corrected chi connectivity index (χ3v) is 5.22. The fourth-order valence-electron chi connectivity index (χ4n) is 2.60. The molecule has 0 saturated carbocycles. The van der Waals surface area contributed by atoms with E-state index in [4.69, 9.17) is 0 Å². The average Bonchev–Trinajstić information content (AvgIpc) is 2.91. The SMILES string of the molecule is Cl.O=C1NCCc2ccc(S(=O)(=O)NC3CCNC3)cc21. The first-order valence-electron chi connectivity index (χ1n) is 6.70. The monoisotopic (exact) mass is 331 g/mol. The van der Waals surface area contributed by atoms with Gasteiger partial charge in [-0.2, -0.15) is 0 Å². The molecule has 6 nitrogen and oxygen atoms in total. The molecule has 3 N–H and O–H groups in total. The van der Waals surface area contributed by atoms with Gasteiger partial charge in [0.05, 0.1) is 4.90 Å². The molecule has 1 saturated heterocycles. The zero-order valence-corrected chi connectivity index (χ0v) is 13.0. The Morgan fingerprint density at radius 1 is 1.24 bits per heavy atom. The number of carbonyl (C=O) groups is 1. The first-order chi connectivity index (χ1) is 9.56. The molecule has 8 heteroatoms. The Hall–Kier alpha value is -1.15. The van der Waals surface area contributed by atoms with E-state index in [1.165, 1.54) is 6.07 Å². The summed E-state index contributed by atoms with van der Waals surface area (Å²) in [4.78, 5) is 11.9. The van der Waals surface area contributed by atoms with Crippen LogP contribution in [0.15, 0.2) is 23.1 Å². The zero-order chi connectivity index (χ0) is 14.2. The smallest absolute Gasteiger partial charge is 0.251 e. The standard InChI is InChI=1S/C13H17N3O3S.ClH/c17-13-12-7-11(2-1-9(12)3-6-15-13)20(18,19)16-10-4-5-14-8-10;/h1-2,7,10,14,16H,3-6,8H2,(H,15,17);1H. The van der Waals surface area contributed by atoms with Crippen molar-refractivity contribution >= 4 is 28.3 Å². The number of hydrogen-bond acceptors (Lipinski definition) is 4. The van der Waals surface area contributed by atoms with Crippen LogP contribution in [0.2, 0.25) is 0 Å². The Morgan fingerprint density at radius 3 is 2.76 bits per heavy atom. The lowest BCUT2D eigenvalue weighted by Crippen LogP contribution is -2.37. The molecule has 0 aromatic heterocycles. The van der Waals surface area contributed by atoms with Gasteiger partial charge in [0.2, 0.25) is 10.0 Å². The molecular formula is C13H18ClN3O3S. The number of halogens is 1. The van der Waals surface area contributed by atoms with Crippen molar-refractivity contribution in [2.75, 3.05) is 19.6 Å². The number of carbonyl (C=O) groups excluding carboxylic acids is 1. The molecule has 0 radical (unpaired) electrons. The lowest BCUT2D eigenvalue weighted by atomic mass is 10.0. The van der Waals surface area contributed by atoms with Gasteiger partial charge in [-0.1, -0.05) is 6.07 Å². The minimum Gasteiger partial charge on any atom is -0.352 e. The molecule has 1 amide bonds. The number of rotatable bonds is 3. The average molecular weight is 332 g/mol. The van der Waals surface area contributed by atoms with Crippen LogP contribution in [0.1, 0.15) is 22.3 Å². The van der Waals surface area contributed by atoms with Crippen LogP contribution < -0.4 is 15.4 Å². The molecule has 1 atom stereocenters. The molecule has 1 aromatic carbocycles. The van der Waals surface area contributed by atoms with Crippen molar-refractivity contribution in [2.24, 2.45) is 0 Å². The summed E-state index contributed by atoms with van der Waals surface area (Å²) in [5.41, 5.74) is 1.36. The fourth-order valence-corrected chi connectivity index (χ4v) is 3.90. The van der Waals surface area contributed by atoms with Crippen LogP contribution in [0, 0.1) is 0 Å². The van der Waals surface area contributed by atoms with Crippen molar-refractivity contribution in [1.82, 2.24) is 15.4 Å². The van der Waals surface area contributed by atoms with Crippen LogP contribution in [-0.4, -0.2) is 40.0 Å².